The van der Waals surface area contributed by atoms with Gasteiger partial charge in [-0.1, -0.05) is 0 Å². The third-order valence-electron chi connectivity index (χ3n) is 3.58. The topological polar surface area (TPSA) is 66.2 Å². The number of hydrogen-bond donors (Lipinski definition) is 3. The molecule has 112 valence electrons. The zero-order valence-corrected chi connectivity index (χ0v) is 13.2. The van der Waals surface area contributed by atoms with Gasteiger partial charge in [0.1, 0.15) is 5.82 Å². The number of anilines is 4. The number of rotatable bonds is 3. The second kappa shape index (κ2) is 5.54. The van der Waals surface area contributed by atoms with E-state index in [0.717, 1.165) is 30.5 Å². The zero-order chi connectivity index (χ0) is 14.9. The smallest absolute Gasteiger partial charge is 0.189 e. The highest BCUT2D eigenvalue weighted by atomic mass is 32.1. The van der Waals surface area contributed by atoms with Crippen molar-refractivity contribution >= 4 is 33.7 Å². The number of nitrogens with zero attached hydrogens (tertiary/aromatic N) is 2. The summed E-state index contributed by atoms with van der Waals surface area (Å²) in [7, 11) is 0. The molecule has 1 fully saturated rings. The van der Waals surface area contributed by atoms with E-state index in [1.807, 2.05) is 5.38 Å². The van der Waals surface area contributed by atoms with Crippen LogP contribution < -0.4 is 21.3 Å². The minimum atomic E-state index is 0.160. The van der Waals surface area contributed by atoms with Crippen LogP contribution in [-0.4, -0.2) is 30.2 Å². The highest BCUT2D eigenvalue weighted by Crippen LogP contribution is 2.25. The first-order valence-corrected chi connectivity index (χ1v) is 7.98. The molecule has 1 aliphatic heterocycles. The van der Waals surface area contributed by atoms with Crippen LogP contribution in [0.25, 0.3) is 0 Å². The molecule has 2 aromatic rings. The lowest BCUT2D eigenvalue weighted by atomic mass is 10.0. The summed E-state index contributed by atoms with van der Waals surface area (Å²) in [5, 5.41) is 9.45. The first-order chi connectivity index (χ1) is 10.0. The average molecular weight is 303 g/mol. The number of thiazole rings is 1. The monoisotopic (exact) mass is 303 g/mol. The Morgan fingerprint density at radius 1 is 1.33 bits per heavy atom. The number of piperazine rings is 1. The molecule has 0 amide bonds. The summed E-state index contributed by atoms with van der Waals surface area (Å²) in [4.78, 5) is 6.62. The summed E-state index contributed by atoms with van der Waals surface area (Å²) in [6.45, 7) is 7.55. The highest BCUT2D eigenvalue weighted by molar-refractivity contribution is 7.14. The van der Waals surface area contributed by atoms with Gasteiger partial charge in [0.25, 0.3) is 0 Å². The van der Waals surface area contributed by atoms with Crippen LogP contribution in [0.1, 0.15) is 13.8 Å². The first-order valence-electron chi connectivity index (χ1n) is 7.10. The molecule has 3 rings (SSSR count). The van der Waals surface area contributed by atoms with Gasteiger partial charge in [0.05, 0.1) is 0 Å². The Kier molecular flexibility index (Phi) is 3.73. The number of nitrogens with one attached hydrogen (secondary N) is 2. The van der Waals surface area contributed by atoms with Crippen molar-refractivity contribution in [2.75, 3.05) is 35.6 Å². The van der Waals surface area contributed by atoms with E-state index in [1.165, 1.54) is 17.0 Å². The van der Waals surface area contributed by atoms with Gasteiger partial charge >= 0.3 is 0 Å². The maximum Gasteiger partial charge on any atom is 0.189 e. The van der Waals surface area contributed by atoms with Crippen molar-refractivity contribution in [3.05, 3.63) is 29.6 Å². The summed E-state index contributed by atoms with van der Waals surface area (Å²) in [5.41, 5.74) is 8.07. The van der Waals surface area contributed by atoms with Crippen LogP contribution >= 0.6 is 11.3 Å². The molecule has 1 aromatic heterocycles. The van der Waals surface area contributed by atoms with Gasteiger partial charge in [-0.05, 0) is 38.1 Å². The van der Waals surface area contributed by atoms with Gasteiger partial charge in [0.15, 0.2) is 5.13 Å². The van der Waals surface area contributed by atoms with E-state index in [1.54, 1.807) is 0 Å². The summed E-state index contributed by atoms with van der Waals surface area (Å²) in [6.07, 6.45) is 0. The molecule has 5 nitrogen and oxygen atoms in total. The van der Waals surface area contributed by atoms with E-state index < -0.39 is 0 Å². The normalized spacial score (nSPS) is 17.7. The lowest BCUT2D eigenvalue weighted by Crippen LogP contribution is -2.57. The van der Waals surface area contributed by atoms with E-state index >= 15 is 0 Å². The van der Waals surface area contributed by atoms with Crippen LogP contribution in [0.4, 0.5) is 22.3 Å². The molecule has 1 aliphatic rings. The fraction of sp³-hybridized carbons (Fsp3) is 0.400. The number of nitrogens with two attached hydrogens (primary N) is 1. The van der Waals surface area contributed by atoms with Crippen molar-refractivity contribution in [1.29, 1.82) is 0 Å². The molecular weight excluding hydrogens is 282 g/mol. The van der Waals surface area contributed by atoms with E-state index in [0.29, 0.717) is 5.82 Å². The molecule has 0 radical (unpaired) electrons. The molecule has 2 heterocycles. The highest BCUT2D eigenvalue weighted by Gasteiger charge is 2.25. The molecule has 4 N–H and O–H groups in total. The molecule has 0 saturated carbocycles. The largest absolute Gasteiger partial charge is 0.383 e. The van der Waals surface area contributed by atoms with E-state index in [-0.39, 0.29) is 5.54 Å². The van der Waals surface area contributed by atoms with Crippen LogP contribution in [0.5, 0.6) is 0 Å². The summed E-state index contributed by atoms with van der Waals surface area (Å²) in [6, 6.07) is 8.48. The van der Waals surface area contributed by atoms with Gasteiger partial charge in [-0.15, -0.1) is 11.3 Å². The van der Waals surface area contributed by atoms with Crippen LogP contribution in [-0.2, 0) is 0 Å². The molecule has 1 saturated heterocycles. The second-order valence-corrected chi connectivity index (χ2v) is 6.84. The quantitative estimate of drug-likeness (QED) is 0.813. The molecule has 1 aromatic carbocycles. The van der Waals surface area contributed by atoms with Crippen LogP contribution in [0.3, 0.4) is 0 Å². The third-order valence-corrected chi connectivity index (χ3v) is 4.35. The summed E-state index contributed by atoms with van der Waals surface area (Å²) in [5.74, 6) is 0.558. The number of hydrogen-bond acceptors (Lipinski definition) is 6. The predicted octanol–water partition coefficient (Wildman–Crippen LogP) is 2.66. The summed E-state index contributed by atoms with van der Waals surface area (Å²) >= 11 is 1.51. The zero-order valence-electron chi connectivity index (χ0n) is 12.4. The van der Waals surface area contributed by atoms with Gasteiger partial charge in [-0.2, -0.15) is 0 Å². The SMILES string of the molecule is CC1(C)CN(c2ccc(Nc3nc(N)cs3)cc2)CCN1. The van der Waals surface area contributed by atoms with Crippen LogP contribution in [0, 0.1) is 0 Å². The Hall–Kier alpha value is -1.79. The van der Waals surface area contributed by atoms with Crippen molar-refractivity contribution in [3.8, 4) is 0 Å². The molecule has 6 heteroatoms. The minimum absolute atomic E-state index is 0.160. The van der Waals surface area contributed by atoms with Crippen molar-refractivity contribution in [1.82, 2.24) is 10.3 Å². The maximum atomic E-state index is 5.63. The fourth-order valence-corrected chi connectivity index (χ4v) is 3.20. The Bertz CT molecular complexity index is 605. The lowest BCUT2D eigenvalue weighted by Gasteiger charge is -2.40. The van der Waals surface area contributed by atoms with Crippen molar-refractivity contribution < 1.29 is 0 Å². The molecule has 0 atom stereocenters. The molecule has 21 heavy (non-hydrogen) atoms. The first kappa shape index (κ1) is 14.2. The summed E-state index contributed by atoms with van der Waals surface area (Å²) < 4.78 is 0. The van der Waals surface area contributed by atoms with E-state index in [9.17, 15) is 0 Å². The van der Waals surface area contributed by atoms with Crippen LogP contribution in [0.2, 0.25) is 0 Å². The Labute approximate surface area is 129 Å². The average Bonchev–Trinajstić information content (AvgIpc) is 2.84. The number of nitrogen functional groups attached to an aromatic ring is 1. The number of benzene rings is 1. The van der Waals surface area contributed by atoms with Crippen molar-refractivity contribution in [2.45, 2.75) is 19.4 Å². The Balaban J connectivity index is 1.69. The van der Waals surface area contributed by atoms with Gasteiger partial charge in [0, 0.05) is 41.9 Å². The molecule has 0 aliphatic carbocycles. The molecule has 0 bridgehead atoms. The molecular formula is C15H21N5S. The lowest BCUT2D eigenvalue weighted by molar-refractivity contribution is 0.353. The van der Waals surface area contributed by atoms with E-state index in [2.05, 4.69) is 58.6 Å². The Morgan fingerprint density at radius 2 is 2.10 bits per heavy atom. The maximum absolute atomic E-state index is 5.63. The van der Waals surface area contributed by atoms with Gasteiger partial charge < -0.3 is 21.3 Å². The predicted molar refractivity (Wildman–Crippen MR) is 90.5 cm³/mol. The van der Waals surface area contributed by atoms with Crippen molar-refractivity contribution in [2.24, 2.45) is 0 Å². The van der Waals surface area contributed by atoms with Crippen LogP contribution in [0.15, 0.2) is 29.6 Å². The molecule has 0 spiro atoms. The Morgan fingerprint density at radius 3 is 2.71 bits per heavy atom. The van der Waals surface area contributed by atoms with Gasteiger partial charge in [-0.3, -0.25) is 0 Å². The fourth-order valence-electron chi connectivity index (χ4n) is 2.58. The second-order valence-electron chi connectivity index (χ2n) is 5.98. The molecule has 0 unspecified atom stereocenters. The minimum Gasteiger partial charge on any atom is -0.383 e. The van der Waals surface area contributed by atoms with Gasteiger partial charge in [0.2, 0.25) is 0 Å². The van der Waals surface area contributed by atoms with E-state index in [4.69, 9.17) is 5.73 Å². The third kappa shape index (κ3) is 3.46. The van der Waals surface area contributed by atoms with Gasteiger partial charge in [-0.25, -0.2) is 4.98 Å². The number of aromatic nitrogens is 1. The standard InChI is InChI=1S/C15H21N5S/c1-15(2)10-20(8-7-17-15)12-5-3-11(4-6-12)18-14-19-13(16)9-21-14/h3-6,9,17H,7-8,10,16H2,1-2H3,(H,18,19). The van der Waals surface area contributed by atoms with Crippen molar-refractivity contribution in [3.63, 3.8) is 0 Å².